The van der Waals surface area contributed by atoms with Gasteiger partial charge >= 0.3 is 0 Å². The van der Waals surface area contributed by atoms with E-state index in [1.54, 1.807) is 6.07 Å². The van der Waals surface area contributed by atoms with Crippen LogP contribution in [0.1, 0.15) is 18.9 Å². The molecular weight excluding hydrogens is 207 g/mol. The number of hydrogen-bond donors (Lipinski definition) is 2. The lowest BCUT2D eigenvalue weighted by molar-refractivity contribution is -0.115. The Morgan fingerprint density at radius 3 is 2.88 bits per heavy atom. The van der Waals surface area contributed by atoms with Crippen molar-refractivity contribution in [2.75, 3.05) is 18.4 Å². The Bertz CT molecular complexity index is 366. The summed E-state index contributed by atoms with van der Waals surface area (Å²) < 4.78 is 12.9. The van der Waals surface area contributed by atoms with Crippen LogP contribution in [0.5, 0.6) is 0 Å². The molecule has 0 spiro atoms. The molecule has 4 heteroatoms. The van der Waals surface area contributed by atoms with Crippen molar-refractivity contribution >= 4 is 11.6 Å². The van der Waals surface area contributed by atoms with Gasteiger partial charge in [-0.2, -0.15) is 0 Å². The summed E-state index contributed by atoms with van der Waals surface area (Å²) in [6, 6.07) is 4.35. The van der Waals surface area contributed by atoms with E-state index in [1.807, 2.05) is 13.8 Å². The zero-order valence-corrected chi connectivity index (χ0v) is 9.64. The Kier molecular flexibility index (Phi) is 4.92. The van der Waals surface area contributed by atoms with Crippen molar-refractivity contribution in [3.05, 3.63) is 29.6 Å². The number of benzene rings is 1. The second kappa shape index (κ2) is 6.23. The first-order valence-electron chi connectivity index (χ1n) is 5.40. The summed E-state index contributed by atoms with van der Waals surface area (Å²) in [7, 11) is 0. The van der Waals surface area contributed by atoms with Crippen LogP contribution in [0.2, 0.25) is 0 Å². The molecule has 1 rings (SSSR count). The monoisotopic (exact) mass is 224 g/mol. The summed E-state index contributed by atoms with van der Waals surface area (Å²) in [5, 5.41) is 5.65. The van der Waals surface area contributed by atoms with Gasteiger partial charge in [-0.15, -0.1) is 0 Å². The lowest BCUT2D eigenvalue weighted by Crippen LogP contribution is -2.28. The highest BCUT2D eigenvalue weighted by Crippen LogP contribution is 2.15. The quantitative estimate of drug-likeness (QED) is 0.752. The van der Waals surface area contributed by atoms with E-state index >= 15 is 0 Å². The van der Waals surface area contributed by atoms with Gasteiger partial charge in [-0.05, 0) is 37.6 Å². The second-order valence-electron chi connectivity index (χ2n) is 3.68. The Labute approximate surface area is 95.0 Å². The number of anilines is 1. The fourth-order valence-electron chi connectivity index (χ4n) is 1.30. The number of rotatable bonds is 5. The smallest absolute Gasteiger partial charge is 0.238 e. The number of aryl methyl sites for hydroxylation is 1. The van der Waals surface area contributed by atoms with Crippen LogP contribution in [-0.4, -0.2) is 19.0 Å². The highest BCUT2D eigenvalue weighted by molar-refractivity contribution is 5.92. The fraction of sp³-hybridized carbons (Fsp3) is 0.417. The van der Waals surface area contributed by atoms with E-state index in [9.17, 15) is 9.18 Å². The molecule has 1 aromatic carbocycles. The van der Waals surface area contributed by atoms with Crippen molar-refractivity contribution in [1.82, 2.24) is 5.32 Å². The zero-order valence-electron chi connectivity index (χ0n) is 9.64. The predicted molar refractivity (Wildman–Crippen MR) is 62.9 cm³/mol. The van der Waals surface area contributed by atoms with Gasteiger partial charge in [0.1, 0.15) is 5.82 Å². The van der Waals surface area contributed by atoms with E-state index in [4.69, 9.17) is 0 Å². The molecule has 1 aromatic rings. The third-order valence-electron chi connectivity index (χ3n) is 2.19. The summed E-state index contributed by atoms with van der Waals surface area (Å²) >= 11 is 0. The summed E-state index contributed by atoms with van der Waals surface area (Å²) in [6.45, 7) is 4.91. The number of halogens is 1. The van der Waals surface area contributed by atoms with Gasteiger partial charge in [0.15, 0.2) is 0 Å². The average molecular weight is 224 g/mol. The van der Waals surface area contributed by atoms with Gasteiger partial charge in [0.05, 0.1) is 6.54 Å². The number of hydrogen-bond acceptors (Lipinski definition) is 2. The van der Waals surface area contributed by atoms with E-state index in [0.717, 1.165) is 18.5 Å². The molecule has 88 valence electrons. The molecule has 1 amide bonds. The van der Waals surface area contributed by atoms with Crippen molar-refractivity contribution in [2.24, 2.45) is 0 Å². The minimum Gasteiger partial charge on any atom is -0.325 e. The van der Waals surface area contributed by atoms with Gasteiger partial charge < -0.3 is 10.6 Å². The molecule has 0 aliphatic rings. The highest BCUT2D eigenvalue weighted by Gasteiger charge is 2.04. The van der Waals surface area contributed by atoms with E-state index in [2.05, 4.69) is 10.6 Å². The summed E-state index contributed by atoms with van der Waals surface area (Å²) in [6.07, 6.45) is 0.978. The first-order valence-corrected chi connectivity index (χ1v) is 5.40. The molecule has 0 atom stereocenters. The molecule has 0 saturated carbocycles. The Morgan fingerprint density at radius 1 is 1.44 bits per heavy atom. The largest absolute Gasteiger partial charge is 0.325 e. The molecule has 0 saturated heterocycles. The zero-order chi connectivity index (χ0) is 12.0. The van der Waals surface area contributed by atoms with Crippen molar-refractivity contribution in [3.63, 3.8) is 0 Å². The first kappa shape index (κ1) is 12.6. The lowest BCUT2D eigenvalue weighted by atomic mass is 10.2. The molecule has 16 heavy (non-hydrogen) atoms. The van der Waals surface area contributed by atoms with Crippen LogP contribution in [0, 0.1) is 12.7 Å². The molecule has 2 N–H and O–H groups in total. The van der Waals surface area contributed by atoms with Crippen LogP contribution in [0.15, 0.2) is 18.2 Å². The lowest BCUT2D eigenvalue weighted by Gasteiger charge is -2.08. The maximum atomic E-state index is 12.9. The standard InChI is InChI=1S/C12H17FN2O/c1-3-6-14-8-12(16)15-11-7-10(13)5-4-9(11)2/h4-5,7,14H,3,6,8H2,1-2H3,(H,15,16). The number of nitrogens with one attached hydrogen (secondary N) is 2. The number of carbonyl (C=O) groups is 1. The average Bonchev–Trinajstić information content (AvgIpc) is 2.24. The van der Waals surface area contributed by atoms with Crippen LogP contribution >= 0.6 is 0 Å². The summed E-state index contributed by atoms with van der Waals surface area (Å²) in [5.41, 5.74) is 1.38. The van der Waals surface area contributed by atoms with Crippen LogP contribution in [0.4, 0.5) is 10.1 Å². The van der Waals surface area contributed by atoms with Gasteiger partial charge in [0, 0.05) is 5.69 Å². The van der Waals surface area contributed by atoms with Crippen molar-refractivity contribution in [3.8, 4) is 0 Å². The van der Waals surface area contributed by atoms with Crippen LogP contribution in [0.25, 0.3) is 0 Å². The van der Waals surface area contributed by atoms with Gasteiger partial charge in [-0.1, -0.05) is 13.0 Å². The number of carbonyl (C=O) groups excluding carboxylic acids is 1. The molecule has 0 radical (unpaired) electrons. The molecular formula is C12H17FN2O. The predicted octanol–water partition coefficient (Wildman–Crippen LogP) is 2.07. The fourth-order valence-corrected chi connectivity index (χ4v) is 1.30. The Balaban J connectivity index is 2.52. The maximum Gasteiger partial charge on any atom is 0.238 e. The SMILES string of the molecule is CCCNCC(=O)Nc1cc(F)ccc1C. The molecule has 0 aliphatic carbocycles. The highest BCUT2D eigenvalue weighted by atomic mass is 19.1. The second-order valence-corrected chi connectivity index (χ2v) is 3.68. The molecule has 0 bridgehead atoms. The van der Waals surface area contributed by atoms with Crippen molar-refractivity contribution in [1.29, 1.82) is 0 Å². The van der Waals surface area contributed by atoms with E-state index < -0.39 is 0 Å². The van der Waals surface area contributed by atoms with Crippen molar-refractivity contribution in [2.45, 2.75) is 20.3 Å². The minimum absolute atomic E-state index is 0.151. The summed E-state index contributed by atoms with van der Waals surface area (Å²) in [4.78, 5) is 11.5. The van der Waals surface area contributed by atoms with Crippen LogP contribution < -0.4 is 10.6 Å². The number of amides is 1. The van der Waals surface area contributed by atoms with Crippen LogP contribution in [-0.2, 0) is 4.79 Å². The summed E-state index contributed by atoms with van der Waals surface area (Å²) in [5.74, 6) is -0.496. The minimum atomic E-state index is -0.345. The molecule has 0 aliphatic heterocycles. The van der Waals surface area contributed by atoms with Gasteiger partial charge in [-0.3, -0.25) is 4.79 Å². The third-order valence-corrected chi connectivity index (χ3v) is 2.19. The Morgan fingerprint density at radius 2 is 2.19 bits per heavy atom. The molecule has 0 heterocycles. The van der Waals surface area contributed by atoms with Gasteiger partial charge in [0.25, 0.3) is 0 Å². The topological polar surface area (TPSA) is 41.1 Å². The van der Waals surface area contributed by atoms with Crippen LogP contribution in [0.3, 0.4) is 0 Å². The third kappa shape index (κ3) is 3.98. The van der Waals surface area contributed by atoms with Gasteiger partial charge in [0.2, 0.25) is 5.91 Å². The normalized spacial score (nSPS) is 10.2. The molecule has 0 fully saturated rings. The van der Waals surface area contributed by atoms with E-state index in [0.29, 0.717) is 5.69 Å². The van der Waals surface area contributed by atoms with E-state index in [1.165, 1.54) is 12.1 Å². The van der Waals surface area contributed by atoms with Crippen molar-refractivity contribution < 1.29 is 9.18 Å². The first-order chi connectivity index (χ1) is 7.63. The molecule has 0 aromatic heterocycles. The Hall–Kier alpha value is -1.42. The molecule has 0 unspecified atom stereocenters. The van der Waals surface area contributed by atoms with E-state index in [-0.39, 0.29) is 18.3 Å². The van der Waals surface area contributed by atoms with Gasteiger partial charge in [-0.25, -0.2) is 4.39 Å². The maximum absolute atomic E-state index is 12.9. The molecule has 3 nitrogen and oxygen atoms in total.